The number of rotatable bonds is 6. The largest absolute Gasteiger partial charge is 0.496 e. The van der Waals surface area contributed by atoms with Gasteiger partial charge in [0.05, 0.1) is 19.3 Å². The van der Waals surface area contributed by atoms with Crippen LogP contribution in [0.25, 0.3) is 0 Å². The van der Waals surface area contributed by atoms with Crippen molar-refractivity contribution in [2.75, 3.05) is 14.2 Å². The van der Waals surface area contributed by atoms with Crippen molar-refractivity contribution in [2.24, 2.45) is 5.92 Å². The minimum Gasteiger partial charge on any atom is -0.496 e. The van der Waals surface area contributed by atoms with Gasteiger partial charge in [0.1, 0.15) is 5.75 Å². The normalized spacial score (nSPS) is 18.4. The van der Waals surface area contributed by atoms with Crippen LogP contribution in [0.4, 0.5) is 0 Å². The summed E-state index contributed by atoms with van der Waals surface area (Å²) in [6, 6.07) is 5.83. The van der Waals surface area contributed by atoms with E-state index in [9.17, 15) is 5.11 Å². The van der Waals surface area contributed by atoms with Crippen LogP contribution in [-0.4, -0.2) is 31.5 Å². The topological polar surface area (TPSA) is 38.7 Å². The number of hydrogen-bond donors (Lipinski definition) is 1. The van der Waals surface area contributed by atoms with E-state index in [4.69, 9.17) is 9.47 Å². The van der Waals surface area contributed by atoms with Gasteiger partial charge in [-0.1, -0.05) is 15.9 Å². The molecule has 1 aliphatic rings. The van der Waals surface area contributed by atoms with E-state index in [1.54, 1.807) is 14.2 Å². The number of aliphatic hydroxyl groups is 1. The van der Waals surface area contributed by atoms with Crippen LogP contribution in [0.2, 0.25) is 0 Å². The summed E-state index contributed by atoms with van der Waals surface area (Å²) in [7, 11) is 3.32. The molecule has 0 amide bonds. The fraction of sp³-hybridized carbons (Fsp3) is 0.571. The molecule has 1 fully saturated rings. The van der Waals surface area contributed by atoms with Gasteiger partial charge in [0.2, 0.25) is 0 Å². The molecule has 0 spiro atoms. The Morgan fingerprint density at radius 2 is 2.11 bits per heavy atom. The van der Waals surface area contributed by atoms with Crippen LogP contribution in [-0.2, 0) is 11.2 Å². The monoisotopic (exact) mass is 314 g/mol. The summed E-state index contributed by atoms with van der Waals surface area (Å²) in [5.41, 5.74) is 1.00. The quantitative estimate of drug-likeness (QED) is 0.877. The minimum absolute atomic E-state index is 0.0614. The molecule has 100 valence electrons. The lowest BCUT2D eigenvalue weighted by Gasteiger charge is -2.22. The molecule has 1 saturated carbocycles. The molecule has 2 rings (SSSR count). The number of halogens is 1. The first-order valence-corrected chi connectivity index (χ1v) is 6.98. The maximum Gasteiger partial charge on any atom is 0.122 e. The van der Waals surface area contributed by atoms with Crippen molar-refractivity contribution in [2.45, 2.75) is 31.5 Å². The first-order valence-electron chi connectivity index (χ1n) is 6.19. The molecular weight excluding hydrogens is 296 g/mol. The van der Waals surface area contributed by atoms with Gasteiger partial charge in [0.25, 0.3) is 0 Å². The second-order valence-corrected chi connectivity index (χ2v) is 5.68. The van der Waals surface area contributed by atoms with Crippen LogP contribution in [0, 0.1) is 5.92 Å². The van der Waals surface area contributed by atoms with Gasteiger partial charge in [-0.15, -0.1) is 0 Å². The molecule has 1 N–H and O–H groups in total. The Balaban J connectivity index is 2.09. The van der Waals surface area contributed by atoms with E-state index in [1.807, 2.05) is 18.2 Å². The Bertz CT molecular complexity index is 404. The van der Waals surface area contributed by atoms with Crippen LogP contribution >= 0.6 is 15.9 Å². The summed E-state index contributed by atoms with van der Waals surface area (Å²) < 4.78 is 11.7. The van der Waals surface area contributed by atoms with E-state index in [1.165, 1.54) is 0 Å². The predicted molar refractivity (Wildman–Crippen MR) is 73.9 cm³/mol. The summed E-state index contributed by atoms with van der Waals surface area (Å²) in [6.07, 6.45) is 2.33. The van der Waals surface area contributed by atoms with Gasteiger partial charge in [-0.05, 0) is 42.5 Å². The Kier molecular flexibility index (Phi) is 4.65. The number of aliphatic hydroxyl groups excluding tert-OH is 1. The van der Waals surface area contributed by atoms with E-state index < -0.39 is 6.10 Å². The fourth-order valence-corrected chi connectivity index (χ4v) is 2.75. The molecule has 0 saturated heterocycles. The van der Waals surface area contributed by atoms with Crippen LogP contribution in [0.15, 0.2) is 22.7 Å². The lowest BCUT2D eigenvalue weighted by molar-refractivity contribution is -0.0239. The van der Waals surface area contributed by atoms with E-state index >= 15 is 0 Å². The summed E-state index contributed by atoms with van der Waals surface area (Å²) in [4.78, 5) is 0. The summed E-state index contributed by atoms with van der Waals surface area (Å²) in [5, 5.41) is 10.3. The number of methoxy groups -OCH3 is 2. The van der Waals surface area contributed by atoms with Crippen LogP contribution in [0.5, 0.6) is 5.75 Å². The summed E-state index contributed by atoms with van der Waals surface area (Å²) >= 11 is 3.44. The van der Waals surface area contributed by atoms with E-state index in [0.29, 0.717) is 12.3 Å². The highest BCUT2D eigenvalue weighted by Gasteiger charge is 2.36. The van der Waals surface area contributed by atoms with E-state index in [0.717, 1.165) is 28.6 Å². The molecule has 2 atom stereocenters. The molecule has 0 aliphatic heterocycles. The van der Waals surface area contributed by atoms with Gasteiger partial charge in [-0.3, -0.25) is 0 Å². The van der Waals surface area contributed by atoms with Crippen molar-refractivity contribution in [1.82, 2.24) is 0 Å². The van der Waals surface area contributed by atoms with Crippen molar-refractivity contribution in [3.63, 3.8) is 0 Å². The first-order chi connectivity index (χ1) is 8.65. The van der Waals surface area contributed by atoms with Crippen molar-refractivity contribution in [3.8, 4) is 5.75 Å². The smallest absolute Gasteiger partial charge is 0.122 e. The van der Waals surface area contributed by atoms with Gasteiger partial charge >= 0.3 is 0 Å². The Morgan fingerprint density at radius 1 is 1.39 bits per heavy atom. The molecule has 4 heteroatoms. The number of hydrogen-bond acceptors (Lipinski definition) is 3. The first kappa shape index (κ1) is 13.8. The average molecular weight is 315 g/mol. The standard InChI is InChI=1S/C14H19BrO3/c1-17-13-6-5-11(15)7-10(13)8-12(16)14(18-2)9-3-4-9/h5-7,9,12,14,16H,3-4,8H2,1-2H3. The molecule has 18 heavy (non-hydrogen) atoms. The lowest BCUT2D eigenvalue weighted by Crippen LogP contribution is -2.31. The maximum atomic E-state index is 10.3. The molecular formula is C14H19BrO3. The van der Waals surface area contributed by atoms with Crippen molar-refractivity contribution in [3.05, 3.63) is 28.2 Å². The van der Waals surface area contributed by atoms with E-state index in [-0.39, 0.29) is 6.10 Å². The van der Waals surface area contributed by atoms with Crippen LogP contribution in [0.3, 0.4) is 0 Å². The zero-order valence-corrected chi connectivity index (χ0v) is 12.3. The van der Waals surface area contributed by atoms with Crippen molar-refractivity contribution < 1.29 is 14.6 Å². The lowest BCUT2D eigenvalue weighted by atomic mass is 10.0. The Morgan fingerprint density at radius 3 is 2.67 bits per heavy atom. The van der Waals surface area contributed by atoms with Gasteiger partial charge in [-0.25, -0.2) is 0 Å². The van der Waals surface area contributed by atoms with Crippen molar-refractivity contribution in [1.29, 1.82) is 0 Å². The van der Waals surface area contributed by atoms with E-state index in [2.05, 4.69) is 15.9 Å². The van der Waals surface area contributed by atoms with Gasteiger partial charge < -0.3 is 14.6 Å². The van der Waals surface area contributed by atoms with Gasteiger partial charge in [0, 0.05) is 18.0 Å². The molecule has 3 nitrogen and oxygen atoms in total. The third kappa shape index (κ3) is 3.25. The molecule has 1 aromatic carbocycles. The molecule has 1 aliphatic carbocycles. The molecule has 0 aromatic heterocycles. The highest BCUT2D eigenvalue weighted by molar-refractivity contribution is 9.10. The SMILES string of the molecule is COc1ccc(Br)cc1CC(O)C(OC)C1CC1. The predicted octanol–water partition coefficient (Wildman–Crippen LogP) is 2.79. The Labute approximate surface area is 116 Å². The molecule has 2 unspecified atom stereocenters. The summed E-state index contributed by atoms with van der Waals surface area (Å²) in [6.45, 7) is 0. The maximum absolute atomic E-state index is 10.3. The highest BCUT2D eigenvalue weighted by Crippen LogP contribution is 2.36. The second-order valence-electron chi connectivity index (χ2n) is 4.77. The number of benzene rings is 1. The molecule has 0 bridgehead atoms. The third-order valence-corrected chi connectivity index (χ3v) is 3.90. The molecule has 0 heterocycles. The molecule has 1 aromatic rings. The Hall–Kier alpha value is -0.580. The van der Waals surface area contributed by atoms with Gasteiger partial charge in [-0.2, -0.15) is 0 Å². The second kappa shape index (κ2) is 6.04. The summed E-state index contributed by atoms with van der Waals surface area (Å²) in [5.74, 6) is 1.33. The third-order valence-electron chi connectivity index (χ3n) is 3.41. The highest BCUT2D eigenvalue weighted by atomic mass is 79.9. The zero-order chi connectivity index (χ0) is 13.1. The zero-order valence-electron chi connectivity index (χ0n) is 10.7. The average Bonchev–Trinajstić information content (AvgIpc) is 3.15. The minimum atomic E-state index is -0.481. The number of ether oxygens (including phenoxy) is 2. The fourth-order valence-electron chi connectivity index (χ4n) is 2.34. The van der Waals surface area contributed by atoms with Gasteiger partial charge in [0.15, 0.2) is 0 Å². The van der Waals surface area contributed by atoms with Crippen molar-refractivity contribution >= 4 is 15.9 Å². The molecule has 0 radical (unpaired) electrons. The van der Waals surface area contributed by atoms with Crippen LogP contribution < -0.4 is 4.74 Å². The van der Waals surface area contributed by atoms with Crippen LogP contribution in [0.1, 0.15) is 18.4 Å².